The van der Waals surface area contributed by atoms with Gasteiger partial charge in [0, 0.05) is 34.3 Å². The molecule has 7 rings (SSSR count). The highest BCUT2D eigenvalue weighted by atomic mass is 19.4. The number of hydrogen-bond donors (Lipinski definition) is 1. The normalized spacial score (nSPS) is 20.0. The third-order valence-electron chi connectivity index (χ3n) is 9.65. The number of fused-ring (bicyclic) bond motifs is 3. The van der Waals surface area contributed by atoms with Crippen molar-refractivity contribution in [3.63, 3.8) is 0 Å². The van der Waals surface area contributed by atoms with E-state index >= 15 is 0 Å². The molecule has 0 unspecified atom stereocenters. The van der Waals surface area contributed by atoms with Gasteiger partial charge < -0.3 is 14.8 Å². The number of aromatic nitrogens is 5. The van der Waals surface area contributed by atoms with Gasteiger partial charge in [-0.25, -0.2) is 9.50 Å². The SMILES string of the molecule is C=C1[C@H]2N(C(=O)Cn3cc(C(C)=O)c4cc(-c5ccc6nc(C#N)nn6c5)cc(C)c43)[C@H](C(=O)Nc3nc(C(F)(F)F)ccc3C)C[C@@]12C. The van der Waals surface area contributed by atoms with Crippen molar-refractivity contribution >= 4 is 40.0 Å². The molecule has 5 aromatic rings. The number of aryl methyl sites for hydroxylation is 2. The molecule has 1 N–H and O–H groups in total. The Morgan fingerprint density at radius 2 is 1.84 bits per heavy atom. The van der Waals surface area contributed by atoms with Crippen LogP contribution in [0.4, 0.5) is 19.0 Å². The van der Waals surface area contributed by atoms with Crippen LogP contribution in [0.15, 0.2) is 60.9 Å². The van der Waals surface area contributed by atoms with Crippen LogP contribution in [0.2, 0.25) is 0 Å². The lowest BCUT2D eigenvalue weighted by molar-refractivity contribution is -0.141. The highest BCUT2D eigenvalue weighted by molar-refractivity contribution is 6.09. The van der Waals surface area contributed by atoms with E-state index in [-0.39, 0.29) is 30.4 Å². The first-order chi connectivity index (χ1) is 23.1. The molecule has 0 radical (unpaired) electrons. The molecular formula is C35H29F3N8O3. The molecule has 248 valence electrons. The molecule has 1 aromatic carbocycles. The van der Waals surface area contributed by atoms with Crippen LogP contribution in [-0.4, -0.2) is 58.7 Å². The van der Waals surface area contributed by atoms with E-state index in [4.69, 9.17) is 0 Å². The fourth-order valence-electron chi connectivity index (χ4n) is 7.05. The first-order valence-corrected chi connectivity index (χ1v) is 15.4. The van der Waals surface area contributed by atoms with Crippen molar-refractivity contribution in [2.24, 2.45) is 5.41 Å². The predicted molar refractivity (Wildman–Crippen MR) is 172 cm³/mol. The largest absolute Gasteiger partial charge is 0.433 e. The predicted octanol–water partition coefficient (Wildman–Crippen LogP) is 5.64. The Kier molecular flexibility index (Phi) is 7.02. The zero-order valence-corrected chi connectivity index (χ0v) is 26.9. The number of nitrogens with one attached hydrogen (secondary N) is 1. The number of benzene rings is 1. The third-order valence-corrected chi connectivity index (χ3v) is 9.65. The number of carbonyl (C=O) groups is 3. The van der Waals surface area contributed by atoms with E-state index < -0.39 is 41.2 Å². The van der Waals surface area contributed by atoms with Crippen LogP contribution in [0.5, 0.6) is 0 Å². The van der Waals surface area contributed by atoms with E-state index in [0.717, 1.165) is 28.3 Å². The molecule has 2 amide bonds. The van der Waals surface area contributed by atoms with Crippen molar-refractivity contribution in [2.45, 2.75) is 58.9 Å². The zero-order valence-electron chi connectivity index (χ0n) is 26.9. The Balaban J connectivity index is 1.21. The number of anilines is 1. The van der Waals surface area contributed by atoms with Gasteiger partial charge in [-0.2, -0.15) is 23.4 Å². The fourth-order valence-corrected chi connectivity index (χ4v) is 7.05. The second-order valence-corrected chi connectivity index (χ2v) is 12.9. The quantitative estimate of drug-likeness (QED) is 0.183. The molecule has 5 heterocycles. The summed E-state index contributed by atoms with van der Waals surface area (Å²) in [5.41, 5.74) is 3.41. The van der Waals surface area contributed by atoms with Gasteiger partial charge in [-0.15, -0.1) is 5.10 Å². The van der Waals surface area contributed by atoms with Gasteiger partial charge >= 0.3 is 6.18 Å². The van der Waals surface area contributed by atoms with Gasteiger partial charge in [0.05, 0.1) is 11.6 Å². The van der Waals surface area contributed by atoms with E-state index in [9.17, 15) is 32.8 Å². The summed E-state index contributed by atoms with van der Waals surface area (Å²) in [5, 5.41) is 16.5. The fraction of sp³-hybridized carbons (Fsp3) is 0.286. The molecule has 1 saturated heterocycles. The van der Waals surface area contributed by atoms with Crippen molar-refractivity contribution in [1.82, 2.24) is 29.0 Å². The molecule has 0 bridgehead atoms. The Labute approximate surface area is 277 Å². The number of carbonyl (C=O) groups excluding carboxylic acids is 3. The standard InChI is InChI=1S/C35H29F3N8O3/c1-17-6-8-26(35(36,37)38)40-32(17)42-33(49)25-12-34(5)19(3)31(34)46(25)29(48)16-44-15-24(20(4)47)23-11-22(10-18(2)30(23)44)21-7-9-28-41-27(13-39)43-45(28)14-21/h6-11,14-15,25,31H,3,12,16H2,1-2,4-5H3,(H,40,42,49)/t25-,31+,34-/m0/s1. The molecule has 49 heavy (non-hydrogen) atoms. The van der Waals surface area contributed by atoms with Crippen molar-refractivity contribution < 1.29 is 27.6 Å². The number of piperidine rings is 1. The van der Waals surface area contributed by atoms with Crippen LogP contribution in [0, 0.1) is 30.6 Å². The summed E-state index contributed by atoms with van der Waals surface area (Å²) >= 11 is 0. The van der Waals surface area contributed by atoms with Crippen LogP contribution in [-0.2, 0) is 22.3 Å². The van der Waals surface area contributed by atoms with Crippen molar-refractivity contribution in [2.75, 3.05) is 5.32 Å². The molecule has 2 fully saturated rings. The van der Waals surface area contributed by atoms with E-state index in [2.05, 4.69) is 27.0 Å². The Morgan fingerprint density at radius 3 is 2.53 bits per heavy atom. The van der Waals surface area contributed by atoms with Crippen LogP contribution >= 0.6 is 0 Å². The van der Waals surface area contributed by atoms with Crippen LogP contribution in [0.25, 0.3) is 27.7 Å². The second kappa shape index (κ2) is 10.8. The zero-order chi connectivity index (χ0) is 35.2. The minimum Gasteiger partial charge on any atom is -0.337 e. The van der Waals surface area contributed by atoms with Crippen LogP contribution in [0.1, 0.15) is 53.3 Å². The van der Waals surface area contributed by atoms with Gasteiger partial charge in [0.2, 0.25) is 11.8 Å². The van der Waals surface area contributed by atoms with E-state index in [1.54, 1.807) is 23.0 Å². The van der Waals surface area contributed by atoms with Gasteiger partial charge in [0.25, 0.3) is 5.82 Å². The summed E-state index contributed by atoms with van der Waals surface area (Å²) < 4.78 is 43.3. The number of ketones is 1. The lowest BCUT2D eigenvalue weighted by Gasteiger charge is -2.27. The lowest BCUT2D eigenvalue weighted by atomic mass is 9.99. The summed E-state index contributed by atoms with van der Waals surface area (Å²) in [6.07, 6.45) is -1.07. The number of pyridine rings is 2. The number of likely N-dealkylation sites (tertiary alicyclic amines) is 1. The number of nitrogens with zero attached hydrogens (tertiary/aromatic N) is 7. The number of nitriles is 1. The van der Waals surface area contributed by atoms with Gasteiger partial charge in [0.1, 0.15) is 30.2 Å². The minimum atomic E-state index is -4.69. The van der Waals surface area contributed by atoms with E-state index in [0.29, 0.717) is 27.7 Å². The molecule has 2 aliphatic rings. The highest BCUT2D eigenvalue weighted by Crippen LogP contribution is 2.63. The maximum atomic E-state index is 14.1. The van der Waals surface area contributed by atoms with Crippen LogP contribution in [0.3, 0.4) is 0 Å². The summed E-state index contributed by atoms with van der Waals surface area (Å²) in [5.74, 6) is -1.43. The van der Waals surface area contributed by atoms with Crippen molar-refractivity contribution in [1.29, 1.82) is 5.26 Å². The first-order valence-electron chi connectivity index (χ1n) is 15.4. The summed E-state index contributed by atoms with van der Waals surface area (Å²) in [6.45, 7) is 10.7. The molecule has 1 saturated carbocycles. The molecule has 3 atom stereocenters. The number of Topliss-reactive ketones (excluding diaryl/α,β-unsaturated/α-hetero) is 1. The molecule has 11 nitrogen and oxygen atoms in total. The molecule has 1 aliphatic carbocycles. The van der Waals surface area contributed by atoms with Crippen molar-refractivity contribution in [3.05, 3.63) is 89.2 Å². The number of rotatable bonds is 6. The molecular weight excluding hydrogens is 637 g/mol. The molecule has 1 aliphatic heterocycles. The van der Waals surface area contributed by atoms with Gasteiger partial charge in [-0.05, 0) is 79.8 Å². The average Bonchev–Trinajstić information content (AvgIpc) is 3.47. The minimum absolute atomic E-state index is 0.0413. The van der Waals surface area contributed by atoms with Crippen LogP contribution < -0.4 is 5.32 Å². The average molecular weight is 667 g/mol. The summed E-state index contributed by atoms with van der Waals surface area (Å²) in [7, 11) is 0. The monoisotopic (exact) mass is 666 g/mol. The third kappa shape index (κ3) is 5.13. The van der Waals surface area contributed by atoms with Crippen molar-refractivity contribution in [3.8, 4) is 17.2 Å². The first kappa shape index (κ1) is 31.7. The van der Waals surface area contributed by atoms with Gasteiger partial charge in [0.15, 0.2) is 11.4 Å². The number of amides is 2. The van der Waals surface area contributed by atoms with Gasteiger partial charge in [-0.1, -0.05) is 19.6 Å². The summed E-state index contributed by atoms with van der Waals surface area (Å²) in [6, 6.07) is 9.98. The maximum Gasteiger partial charge on any atom is 0.433 e. The highest BCUT2D eigenvalue weighted by Gasteiger charge is 2.67. The Morgan fingerprint density at radius 1 is 1.08 bits per heavy atom. The second-order valence-electron chi connectivity index (χ2n) is 12.9. The Bertz CT molecular complexity index is 2330. The number of halogens is 3. The topological polar surface area (TPSA) is 138 Å². The smallest absolute Gasteiger partial charge is 0.337 e. The summed E-state index contributed by atoms with van der Waals surface area (Å²) in [4.78, 5) is 49.8. The Hall–Kier alpha value is -5.84. The molecule has 14 heteroatoms. The number of alkyl halides is 3. The van der Waals surface area contributed by atoms with Gasteiger partial charge in [-0.3, -0.25) is 14.4 Å². The van der Waals surface area contributed by atoms with E-state index in [1.165, 1.54) is 29.3 Å². The van der Waals surface area contributed by atoms with E-state index in [1.807, 2.05) is 38.1 Å². The maximum absolute atomic E-state index is 14.1. The molecule has 0 spiro atoms. The molecule has 4 aromatic heterocycles. The lowest BCUT2D eigenvalue weighted by Crippen LogP contribution is -2.47. The number of hydrogen-bond acceptors (Lipinski definition) is 7.